The lowest BCUT2D eigenvalue weighted by Gasteiger charge is -2.35. The first-order valence-corrected chi connectivity index (χ1v) is 21.0. The standard InChI is InChI=1S/C50H46N6O5/c1-32-22-33-10-6-7-11-35(33)30-55(32)49(59)43-25-37-29-53(47(58)31-61-41-12-4-3-5-13-41)28-36(37)24-42(43)46-26-44(45-14-8-9-20-54(45)46)50(60)56(38-15-17-40(57)18-16-38)39-23-34-19-21-52(2)48(34)51-27-39/h3-7,10-13,15-19,21,23-27,32,57H,8-9,14,20,22,28-31H2,1-2H3/t32-/m1/s1. The number of phenolic OH excluding ortho intramolecular Hbond substituents is 1. The number of amides is 3. The molecule has 0 saturated carbocycles. The van der Waals surface area contributed by atoms with Gasteiger partial charge in [-0.1, -0.05) is 42.5 Å². The van der Waals surface area contributed by atoms with Crippen LogP contribution in [0.1, 0.15) is 68.4 Å². The molecule has 0 bridgehead atoms. The zero-order valence-electron chi connectivity index (χ0n) is 34.3. The van der Waals surface area contributed by atoms with Gasteiger partial charge in [0.15, 0.2) is 6.61 Å². The molecule has 0 fully saturated rings. The molecule has 11 nitrogen and oxygen atoms in total. The molecular formula is C50H46N6O5. The lowest BCUT2D eigenvalue weighted by Crippen LogP contribution is -2.42. The number of rotatable bonds is 8. The van der Waals surface area contributed by atoms with Gasteiger partial charge in [-0.25, -0.2) is 4.98 Å². The van der Waals surface area contributed by atoms with Crippen LogP contribution in [-0.2, 0) is 50.9 Å². The average Bonchev–Trinajstić information content (AvgIpc) is 4.00. The molecule has 4 aromatic carbocycles. The van der Waals surface area contributed by atoms with Crippen molar-refractivity contribution in [3.8, 4) is 22.8 Å². The summed E-state index contributed by atoms with van der Waals surface area (Å²) in [5.74, 6) is 0.278. The summed E-state index contributed by atoms with van der Waals surface area (Å²) in [7, 11) is 1.94. The minimum absolute atomic E-state index is 0.0375. The minimum Gasteiger partial charge on any atom is -0.508 e. The molecule has 3 aromatic heterocycles. The van der Waals surface area contributed by atoms with Crippen molar-refractivity contribution in [2.45, 2.75) is 64.8 Å². The number of hydrogen-bond acceptors (Lipinski definition) is 6. The van der Waals surface area contributed by atoms with E-state index in [1.54, 1.807) is 40.3 Å². The Morgan fingerprint density at radius 3 is 2.36 bits per heavy atom. The Morgan fingerprint density at radius 1 is 0.803 bits per heavy atom. The first-order valence-electron chi connectivity index (χ1n) is 21.0. The number of aryl methyl sites for hydroxylation is 1. The Hall–Kier alpha value is -7.14. The number of fused-ring (bicyclic) bond motifs is 4. The molecule has 3 aliphatic rings. The number of phenols is 1. The highest BCUT2D eigenvalue weighted by Gasteiger charge is 2.35. The van der Waals surface area contributed by atoms with Crippen molar-refractivity contribution in [3.05, 3.63) is 161 Å². The van der Waals surface area contributed by atoms with Crippen molar-refractivity contribution in [2.24, 2.45) is 7.05 Å². The number of para-hydroxylation sites is 1. The van der Waals surface area contributed by atoms with Crippen molar-refractivity contribution in [1.29, 1.82) is 0 Å². The summed E-state index contributed by atoms with van der Waals surface area (Å²) < 4.78 is 10.0. The summed E-state index contributed by atoms with van der Waals surface area (Å²) in [6.45, 7) is 3.93. The minimum atomic E-state index is -0.231. The fourth-order valence-corrected chi connectivity index (χ4v) is 9.33. The first kappa shape index (κ1) is 38.1. The second kappa shape index (κ2) is 15.5. The smallest absolute Gasteiger partial charge is 0.264 e. The number of nitrogens with zero attached hydrogens (tertiary/aromatic N) is 6. The van der Waals surface area contributed by atoms with Crippen LogP contribution in [0, 0.1) is 0 Å². The molecule has 1 N–H and O–H groups in total. The second-order valence-electron chi connectivity index (χ2n) is 16.5. The monoisotopic (exact) mass is 810 g/mol. The lowest BCUT2D eigenvalue weighted by atomic mass is 9.92. The molecule has 0 spiro atoms. The van der Waals surface area contributed by atoms with E-state index in [9.17, 15) is 9.90 Å². The topological polar surface area (TPSA) is 113 Å². The highest BCUT2D eigenvalue weighted by atomic mass is 16.5. The zero-order chi connectivity index (χ0) is 41.8. The molecule has 1 atom stereocenters. The largest absolute Gasteiger partial charge is 0.508 e. The molecule has 3 amide bonds. The van der Waals surface area contributed by atoms with Gasteiger partial charge in [0.2, 0.25) is 0 Å². The molecule has 306 valence electrons. The molecule has 10 rings (SSSR count). The van der Waals surface area contributed by atoms with Crippen LogP contribution in [0.25, 0.3) is 22.3 Å². The predicted octanol–water partition coefficient (Wildman–Crippen LogP) is 8.57. The summed E-state index contributed by atoms with van der Waals surface area (Å²) >= 11 is 0. The number of ether oxygens (including phenoxy) is 1. The van der Waals surface area contributed by atoms with Crippen molar-refractivity contribution < 1.29 is 24.2 Å². The van der Waals surface area contributed by atoms with Crippen molar-refractivity contribution >= 4 is 40.1 Å². The Balaban J connectivity index is 1.07. The number of pyridine rings is 1. The Kier molecular flexibility index (Phi) is 9.66. The Morgan fingerprint density at radius 2 is 1.56 bits per heavy atom. The molecule has 0 radical (unpaired) electrons. The fraction of sp³-hybridized carbons (Fsp3) is 0.240. The third-order valence-corrected chi connectivity index (χ3v) is 12.5. The van der Waals surface area contributed by atoms with Crippen molar-refractivity contribution in [3.63, 3.8) is 0 Å². The van der Waals surface area contributed by atoms with Crippen LogP contribution < -0.4 is 9.64 Å². The molecule has 0 saturated heterocycles. The zero-order valence-corrected chi connectivity index (χ0v) is 34.3. The Bertz CT molecular complexity index is 2840. The van der Waals surface area contributed by atoms with Crippen LogP contribution in [-0.4, -0.2) is 59.4 Å². The lowest BCUT2D eigenvalue weighted by molar-refractivity contribution is -0.134. The summed E-state index contributed by atoms with van der Waals surface area (Å²) in [6.07, 6.45) is 6.95. The van der Waals surface area contributed by atoms with E-state index in [0.717, 1.165) is 63.9 Å². The van der Waals surface area contributed by atoms with E-state index in [2.05, 4.69) is 29.7 Å². The molecule has 3 aliphatic heterocycles. The number of anilines is 2. The van der Waals surface area contributed by atoms with E-state index in [1.165, 1.54) is 5.56 Å². The van der Waals surface area contributed by atoms with E-state index in [-0.39, 0.29) is 36.1 Å². The fourth-order valence-electron chi connectivity index (χ4n) is 9.33. The third kappa shape index (κ3) is 6.99. The first-order chi connectivity index (χ1) is 29.7. The van der Waals surface area contributed by atoms with Crippen LogP contribution >= 0.6 is 0 Å². The second-order valence-corrected chi connectivity index (χ2v) is 16.5. The van der Waals surface area contributed by atoms with E-state index in [0.29, 0.717) is 60.9 Å². The van der Waals surface area contributed by atoms with Gasteiger partial charge < -0.3 is 28.8 Å². The van der Waals surface area contributed by atoms with Crippen LogP contribution in [0.2, 0.25) is 0 Å². The number of benzene rings is 4. The summed E-state index contributed by atoms with van der Waals surface area (Å²) in [5, 5.41) is 11.1. The predicted molar refractivity (Wildman–Crippen MR) is 234 cm³/mol. The SMILES string of the molecule is C[C@@H]1Cc2ccccc2CN1C(=O)c1cc2c(cc1-c1cc(C(=O)N(c3ccc(O)cc3)c3cnc4c(ccn4C)c3)c3n1CCCC3)CN(C(=O)COc1ccccc1)C2. The van der Waals surface area contributed by atoms with Crippen LogP contribution in [0.4, 0.5) is 11.4 Å². The maximum Gasteiger partial charge on any atom is 0.264 e. The number of aromatic hydroxyl groups is 1. The summed E-state index contributed by atoms with van der Waals surface area (Å²) in [6, 6.07) is 34.2. The van der Waals surface area contributed by atoms with E-state index >= 15 is 9.59 Å². The quantitative estimate of drug-likeness (QED) is 0.165. The number of hydrogen-bond donors (Lipinski definition) is 1. The van der Waals surface area contributed by atoms with E-state index in [1.807, 2.05) is 89.4 Å². The molecule has 11 heteroatoms. The molecular weight excluding hydrogens is 765 g/mol. The van der Waals surface area contributed by atoms with Crippen molar-refractivity contribution in [1.82, 2.24) is 23.9 Å². The highest BCUT2D eigenvalue weighted by Crippen LogP contribution is 2.40. The van der Waals surface area contributed by atoms with Gasteiger partial charge >= 0.3 is 0 Å². The van der Waals surface area contributed by atoms with Crippen LogP contribution in [0.15, 0.2) is 122 Å². The molecule has 6 heterocycles. The molecule has 7 aromatic rings. The van der Waals surface area contributed by atoms with Gasteiger partial charge in [0.25, 0.3) is 17.7 Å². The Labute approximate surface area is 354 Å². The summed E-state index contributed by atoms with van der Waals surface area (Å²) in [5.41, 5.74) is 9.82. The molecule has 0 unspecified atom stereocenters. The van der Waals surface area contributed by atoms with Gasteiger partial charge in [-0.3, -0.25) is 19.3 Å². The number of carbonyl (C=O) groups excluding carboxylic acids is 3. The van der Waals surface area contributed by atoms with E-state index < -0.39 is 0 Å². The number of aromatic nitrogens is 3. The average molecular weight is 811 g/mol. The maximum absolute atomic E-state index is 15.3. The summed E-state index contributed by atoms with van der Waals surface area (Å²) in [4.78, 5) is 54.1. The van der Waals surface area contributed by atoms with Gasteiger partial charge in [-0.15, -0.1) is 0 Å². The van der Waals surface area contributed by atoms with E-state index in [4.69, 9.17) is 9.72 Å². The normalized spacial score (nSPS) is 15.6. The van der Waals surface area contributed by atoms with Gasteiger partial charge in [0.05, 0.1) is 17.4 Å². The number of carbonyl (C=O) groups is 3. The van der Waals surface area contributed by atoms with Gasteiger partial charge in [0.1, 0.15) is 17.1 Å². The third-order valence-electron chi connectivity index (χ3n) is 12.5. The highest BCUT2D eigenvalue weighted by molar-refractivity contribution is 6.13. The van der Waals surface area contributed by atoms with Crippen LogP contribution in [0.5, 0.6) is 11.5 Å². The maximum atomic E-state index is 15.3. The van der Waals surface area contributed by atoms with Gasteiger partial charge in [-0.2, -0.15) is 0 Å². The van der Waals surface area contributed by atoms with Gasteiger partial charge in [0, 0.05) is 79.1 Å². The molecule has 0 aliphatic carbocycles. The molecule has 61 heavy (non-hydrogen) atoms. The van der Waals surface area contributed by atoms with Crippen molar-refractivity contribution in [2.75, 3.05) is 11.5 Å². The van der Waals surface area contributed by atoms with Gasteiger partial charge in [-0.05, 0) is 122 Å². The van der Waals surface area contributed by atoms with Crippen LogP contribution in [0.3, 0.4) is 0 Å².